The zero-order chi connectivity index (χ0) is 12.0. The van der Waals surface area contributed by atoms with Crippen molar-refractivity contribution >= 4 is 54.9 Å². The lowest BCUT2D eigenvalue weighted by Gasteiger charge is -2.06. The third kappa shape index (κ3) is 1.96. The lowest BCUT2D eigenvalue weighted by molar-refractivity contribution is 0.170. The highest BCUT2D eigenvalue weighted by Crippen LogP contribution is 2.32. The number of hydrogen-bond acceptors (Lipinski definition) is 3. The zero-order valence-electron chi connectivity index (χ0n) is 9.22. The maximum Gasteiger partial charge on any atom is 0.0770 e. The highest BCUT2D eigenvalue weighted by molar-refractivity contribution is 14.1. The fourth-order valence-corrected chi connectivity index (χ4v) is 3.87. The molecule has 0 bridgehead atoms. The minimum Gasteiger partial charge on any atom is -0.391 e. The van der Waals surface area contributed by atoms with Crippen molar-refractivity contribution in [1.82, 2.24) is 9.78 Å². The van der Waals surface area contributed by atoms with E-state index in [1.807, 2.05) is 10.9 Å². The Morgan fingerprint density at radius 3 is 3.12 bits per heavy atom. The molecular formula is C12H11IN2OS. The molecule has 0 amide bonds. The molecule has 0 unspecified atom stereocenters. The molecule has 1 aromatic carbocycles. The van der Waals surface area contributed by atoms with Crippen LogP contribution in [0.1, 0.15) is 6.92 Å². The zero-order valence-corrected chi connectivity index (χ0v) is 12.2. The van der Waals surface area contributed by atoms with Crippen LogP contribution in [0.3, 0.4) is 0 Å². The Kier molecular flexibility index (Phi) is 2.84. The molecule has 0 saturated carbocycles. The van der Waals surface area contributed by atoms with Gasteiger partial charge in [-0.25, -0.2) is 0 Å². The molecule has 0 aliphatic carbocycles. The Morgan fingerprint density at radius 2 is 2.35 bits per heavy atom. The molecule has 0 aliphatic rings. The lowest BCUT2D eigenvalue weighted by Crippen LogP contribution is -2.12. The molecule has 0 radical (unpaired) electrons. The number of aromatic nitrogens is 2. The molecule has 3 nitrogen and oxygen atoms in total. The van der Waals surface area contributed by atoms with E-state index in [1.165, 1.54) is 13.0 Å². The van der Waals surface area contributed by atoms with Gasteiger partial charge in [0.1, 0.15) is 0 Å². The summed E-state index contributed by atoms with van der Waals surface area (Å²) in [5.74, 6) is 0. The summed E-state index contributed by atoms with van der Waals surface area (Å²) in [4.78, 5) is 0. The van der Waals surface area contributed by atoms with Gasteiger partial charge in [0, 0.05) is 15.5 Å². The minimum atomic E-state index is -0.383. The Morgan fingerprint density at radius 1 is 1.53 bits per heavy atom. The number of thiophene rings is 1. The van der Waals surface area contributed by atoms with Crippen molar-refractivity contribution < 1.29 is 5.11 Å². The van der Waals surface area contributed by atoms with E-state index in [1.54, 1.807) is 18.3 Å². The van der Waals surface area contributed by atoms with Crippen LogP contribution >= 0.6 is 33.9 Å². The number of nitrogens with zero attached hydrogens (tertiary/aromatic N) is 2. The van der Waals surface area contributed by atoms with Crippen LogP contribution in [0.2, 0.25) is 0 Å². The van der Waals surface area contributed by atoms with Crippen molar-refractivity contribution in [2.75, 3.05) is 0 Å². The van der Waals surface area contributed by atoms with E-state index in [2.05, 4.69) is 45.9 Å². The van der Waals surface area contributed by atoms with Crippen LogP contribution in [-0.2, 0) is 6.54 Å². The first-order chi connectivity index (χ1) is 8.15. The van der Waals surface area contributed by atoms with E-state index < -0.39 is 0 Å². The van der Waals surface area contributed by atoms with Crippen LogP contribution < -0.4 is 0 Å². The Hall–Kier alpha value is -0.660. The SMILES string of the molecule is C[C@@H](O)Cn1ncc2ccc3sc(I)cc3c21. The van der Waals surface area contributed by atoms with E-state index in [-0.39, 0.29) is 6.10 Å². The van der Waals surface area contributed by atoms with Crippen LogP contribution in [0.25, 0.3) is 21.0 Å². The summed E-state index contributed by atoms with van der Waals surface area (Å²) in [5.41, 5.74) is 1.13. The summed E-state index contributed by atoms with van der Waals surface area (Å²) in [5, 5.41) is 16.2. The van der Waals surface area contributed by atoms with Crippen LogP contribution in [0.4, 0.5) is 0 Å². The van der Waals surface area contributed by atoms with Gasteiger partial charge in [-0.3, -0.25) is 4.68 Å². The highest BCUT2D eigenvalue weighted by Gasteiger charge is 2.10. The molecule has 3 aromatic rings. The van der Waals surface area contributed by atoms with Gasteiger partial charge in [-0.1, -0.05) is 0 Å². The van der Waals surface area contributed by atoms with Crippen molar-refractivity contribution in [2.45, 2.75) is 19.6 Å². The van der Waals surface area contributed by atoms with Crippen LogP contribution in [0, 0.1) is 2.88 Å². The number of rotatable bonds is 2. The van der Waals surface area contributed by atoms with Crippen molar-refractivity contribution in [3.05, 3.63) is 27.3 Å². The first-order valence-electron chi connectivity index (χ1n) is 5.37. The summed E-state index contributed by atoms with van der Waals surface area (Å²) in [6.45, 7) is 2.32. The Labute approximate surface area is 116 Å². The third-order valence-electron chi connectivity index (χ3n) is 2.71. The van der Waals surface area contributed by atoms with Gasteiger partial charge in [0.15, 0.2) is 0 Å². The molecule has 17 heavy (non-hydrogen) atoms. The van der Waals surface area contributed by atoms with E-state index in [0.29, 0.717) is 6.54 Å². The molecule has 0 fully saturated rings. The number of aliphatic hydroxyl groups is 1. The Bertz CT molecular complexity index is 686. The minimum absolute atomic E-state index is 0.383. The second-order valence-electron chi connectivity index (χ2n) is 4.14. The van der Waals surface area contributed by atoms with Gasteiger partial charge < -0.3 is 5.11 Å². The van der Waals surface area contributed by atoms with Gasteiger partial charge in [0.05, 0.1) is 27.2 Å². The smallest absolute Gasteiger partial charge is 0.0770 e. The number of fused-ring (bicyclic) bond motifs is 3. The molecule has 5 heteroatoms. The monoisotopic (exact) mass is 358 g/mol. The number of hydrogen-bond donors (Lipinski definition) is 1. The van der Waals surface area contributed by atoms with E-state index >= 15 is 0 Å². The molecule has 0 saturated heterocycles. The maximum atomic E-state index is 9.50. The average Bonchev–Trinajstić information content (AvgIpc) is 2.79. The number of aliphatic hydroxyl groups excluding tert-OH is 1. The molecule has 3 rings (SSSR count). The predicted octanol–water partition coefficient (Wildman–Crippen LogP) is 3.24. The molecular weight excluding hydrogens is 347 g/mol. The quantitative estimate of drug-likeness (QED) is 0.715. The fraction of sp³-hybridized carbons (Fsp3) is 0.250. The van der Waals surface area contributed by atoms with Gasteiger partial charge >= 0.3 is 0 Å². The fourth-order valence-electron chi connectivity index (χ4n) is 2.05. The van der Waals surface area contributed by atoms with Gasteiger partial charge in [0.2, 0.25) is 0 Å². The van der Waals surface area contributed by atoms with Crippen LogP contribution in [0.15, 0.2) is 24.4 Å². The molecule has 1 N–H and O–H groups in total. The summed E-state index contributed by atoms with van der Waals surface area (Å²) in [7, 11) is 0. The van der Waals surface area contributed by atoms with Gasteiger partial charge in [0.25, 0.3) is 0 Å². The topological polar surface area (TPSA) is 38.0 Å². The van der Waals surface area contributed by atoms with E-state index in [9.17, 15) is 5.11 Å². The first-order valence-corrected chi connectivity index (χ1v) is 7.26. The first kappa shape index (κ1) is 11.4. The van der Waals surface area contributed by atoms with E-state index in [0.717, 1.165) is 10.9 Å². The van der Waals surface area contributed by atoms with Crippen molar-refractivity contribution in [3.63, 3.8) is 0 Å². The normalized spacial score (nSPS) is 13.6. The average molecular weight is 358 g/mol. The van der Waals surface area contributed by atoms with E-state index in [4.69, 9.17) is 0 Å². The largest absolute Gasteiger partial charge is 0.391 e. The predicted molar refractivity (Wildman–Crippen MR) is 79.5 cm³/mol. The second kappa shape index (κ2) is 4.22. The van der Waals surface area contributed by atoms with Gasteiger partial charge in [-0.15, -0.1) is 11.3 Å². The molecule has 2 heterocycles. The summed E-state index contributed by atoms with van der Waals surface area (Å²) in [6.07, 6.45) is 1.48. The molecule has 88 valence electrons. The highest BCUT2D eigenvalue weighted by atomic mass is 127. The standard InChI is InChI=1S/C12H11IN2OS/c1-7(16)6-15-12-8(5-14-15)2-3-10-9(12)4-11(13)17-10/h2-5,7,16H,6H2,1H3/t7-/m1/s1. The van der Waals surface area contributed by atoms with Crippen molar-refractivity contribution in [3.8, 4) is 0 Å². The molecule has 0 spiro atoms. The summed E-state index contributed by atoms with van der Waals surface area (Å²) < 4.78 is 4.44. The maximum absolute atomic E-state index is 9.50. The van der Waals surface area contributed by atoms with Crippen molar-refractivity contribution in [1.29, 1.82) is 0 Å². The van der Waals surface area contributed by atoms with Crippen LogP contribution in [-0.4, -0.2) is 21.0 Å². The Balaban J connectivity index is 2.33. The number of benzene rings is 1. The van der Waals surface area contributed by atoms with Gasteiger partial charge in [-0.05, 0) is 47.7 Å². The van der Waals surface area contributed by atoms with Crippen LogP contribution in [0.5, 0.6) is 0 Å². The molecule has 1 atom stereocenters. The number of halogens is 1. The van der Waals surface area contributed by atoms with Gasteiger partial charge in [-0.2, -0.15) is 5.10 Å². The second-order valence-corrected chi connectivity index (χ2v) is 7.12. The molecule has 0 aliphatic heterocycles. The summed E-state index contributed by atoms with van der Waals surface area (Å²) >= 11 is 4.12. The lowest BCUT2D eigenvalue weighted by atomic mass is 10.2. The third-order valence-corrected chi connectivity index (χ3v) is 4.57. The van der Waals surface area contributed by atoms with Crippen molar-refractivity contribution in [2.24, 2.45) is 0 Å². The molecule has 2 aromatic heterocycles. The summed E-state index contributed by atoms with van der Waals surface area (Å²) in [6, 6.07) is 6.41.